The van der Waals surface area contributed by atoms with Gasteiger partial charge in [0.2, 0.25) is 0 Å². The van der Waals surface area contributed by atoms with E-state index in [2.05, 4.69) is 67.3 Å². The summed E-state index contributed by atoms with van der Waals surface area (Å²) in [5.74, 6) is 0.990. The summed E-state index contributed by atoms with van der Waals surface area (Å²) in [6.45, 7) is 1.08. The lowest BCUT2D eigenvalue weighted by atomic mass is 9.95. The fraction of sp³-hybridized carbons (Fsp3) is 0.450. The molecular weight excluding hydrogens is 324 g/mol. The van der Waals surface area contributed by atoms with E-state index in [4.69, 9.17) is 0 Å². The number of hydrogen-bond donors (Lipinski definition) is 1. The zero-order chi connectivity index (χ0) is 17.5. The summed E-state index contributed by atoms with van der Waals surface area (Å²) < 4.78 is 0. The lowest BCUT2D eigenvalue weighted by Crippen LogP contribution is -2.49. The normalized spacial score (nSPS) is 25.7. The second kappa shape index (κ2) is 6.36. The molecule has 6 nitrogen and oxygen atoms in total. The predicted molar refractivity (Wildman–Crippen MR) is 102 cm³/mol. The molecule has 1 aromatic carbocycles. The Kier molecular flexibility index (Phi) is 3.85. The fourth-order valence-electron chi connectivity index (χ4n) is 4.82. The number of nitrogens with zero attached hydrogens (tertiary/aromatic N) is 5. The van der Waals surface area contributed by atoms with Crippen LogP contribution in [-0.2, 0) is 6.54 Å². The highest BCUT2D eigenvalue weighted by molar-refractivity contribution is 5.86. The van der Waals surface area contributed by atoms with Gasteiger partial charge in [0.15, 0.2) is 5.65 Å². The lowest BCUT2D eigenvalue weighted by Gasteiger charge is -2.42. The lowest BCUT2D eigenvalue weighted by molar-refractivity contribution is 0.118. The van der Waals surface area contributed by atoms with Gasteiger partial charge in [-0.05, 0) is 31.2 Å². The maximum atomic E-state index is 4.55. The van der Waals surface area contributed by atoms with Gasteiger partial charge in [0.05, 0.1) is 11.6 Å². The number of anilines is 1. The molecule has 5 rings (SSSR count). The first-order valence-corrected chi connectivity index (χ1v) is 9.46. The molecular formula is C20H24N6. The number of aromatic amines is 1. The van der Waals surface area contributed by atoms with Crippen molar-refractivity contribution in [2.75, 3.05) is 11.9 Å². The molecule has 3 aromatic rings. The van der Waals surface area contributed by atoms with E-state index in [0.29, 0.717) is 18.1 Å². The van der Waals surface area contributed by atoms with Crippen molar-refractivity contribution in [2.45, 2.75) is 50.4 Å². The van der Waals surface area contributed by atoms with Crippen LogP contribution in [0.4, 0.5) is 5.82 Å². The van der Waals surface area contributed by atoms with Gasteiger partial charge in [0.1, 0.15) is 12.1 Å². The number of H-pyrrole nitrogens is 1. The summed E-state index contributed by atoms with van der Waals surface area (Å²) in [5, 5.41) is 8.08. The van der Waals surface area contributed by atoms with E-state index in [1.165, 1.54) is 31.2 Å². The monoisotopic (exact) mass is 348 g/mol. The topological polar surface area (TPSA) is 60.9 Å². The van der Waals surface area contributed by atoms with Crippen LogP contribution in [0.3, 0.4) is 0 Å². The van der Waals surface area contributed by atoms with Crippen molar-refractivity contribution in [3.63, 3.8) is 0 Å². The third-order valence-electron chi connectivity index (χ3n) is 6.18. The highest BCUT2D eigenvalue weighted by Gasteiger charge is 2.42. The molecule has 6 heteroatoms. The molecule has 2 aromatic heterocycles. The van der Waals surface area contributed by atoms with E-state index >= 15 is 0 Å². The van der Waals surface area contributed by atoms with Crippen molar-refractivity contribution in [1.29, 1.82) is 0 Å². The van der Waals surface area contributed by atoms with E-state index in [1.54, 1.807) is 6.33 Å². The molecule has 4 heterocycles. The molecule has 134 valence electrons. The average molecular weight is 348 g/mol. The van der Waals surface area contributed by atoms with Crippen LogP contribution in [0, 0.1) is 0 Å². The van der Waals surface area contributed by atoms with Crippen molar-refractivity contribution in [2.24, 2.45) is 0 Å². The zero-order valence-electron chi connectivity index (χ0n) is 15.0. The Hall–Kier alpha value is -2.47. The molecule has 0 amide bonds. The van der Waals surface area contributed by atoms with E-state index in [0.717, 1.165) is 23.4 Å². The first-order chi connectivity index (χ1) is 12.8. The summed E-state index contributed by atoms with van der Waals surface area (Å²) in [4.78, 5) is 13.9. The SMILES string of the molecule is CN(c1ncnc2[nH]ncc12)C1CC2CCC(C1)N2Cc1ccccc1. The second-order valence-corrected chi connectivity index (χ2v) is 7.61. The largest absolute Gasteiger partial charge is 0.356 e. The van der Waals surface area contributed by atoms with Crippen molar-refractivity contribution < 1.29 is 0 Å². The molecule has 0 radical (unpaired) electrons. The van der Waals surface area contributed by atoms with Crippen molar-refractivity contribution in [3.8, 4) is 0 Å². The molecule has 1 N–H and O–H groups in total. The Morgan fingerprint density at radius 1 is 1.12 bits per heavy atom. The van der Waals surface area contributed by atoms with Crippen LogP contribution >= 0.6 is 0 Å². The first-order valence-electron chi connectivity index (χ1n) is 9.46. The molecule has 0 aliphatic carbocycles. The Balaban J connectivity index is 1.35. The minimum absolute atomic E-state index is 0.521. The van der Waals surface area contributed by atoms with Crippen LogP contribution in [0.25, 0.3) is 11.0 Å². The van der Waals surface area contributed by atoms with Gasteiger partial charge in [-0.2, -0.15) is 5.10 Å². The van der Waals surface area contributed by atoms with Crippen LogP contribution in [0.5, 0.6) is 0 Å². The van der Waals surface area contributed by atoms with Crippen LogP contribution in [0.1, 0.15) is 31.2 Å². The van der Waals surface area contributed by atoms with Crippen molar-refractivity contribution in [1.82, 2.24) is 25.1 Å². The summed E-state index contributed by atoms with van der Waals surface area (Å²) in [6.07, 6.45) is 8.48. The highest BCUT2D eigenvalue weighted by Crippen LogP contribution is 2.39. The number of aromatic nitrogens is 4. The average Bonchev–Trinajstić information content (AvgIpc) is 3.23. The molecule has 2 aliphatic rings. The highest BCUT2D eigenvalue weighted by atomic mass is 15.3. The molecule has 26 heavy (non-hydrogen) atoms. The van der Waals surface area contributed by atoms with Crippen molar-refractivity contribution in [3.05, 3.63) is 48.4 Å². The Morgan fingerprint density at radius 3 is 2.65 bits per heavy atom. The second-order valence-electron chi connectivity index (χ2n) is 7.61. The number of rotatable bonds is 4. The van der Waals surface area contributed by atoms with Gasteiger partial charge >= 0.3 is 0 Å². The maximum Gasteiger partial charge on any atom is 0.160 e. The van der Waals surface area contributed by atoms with Crippen LogP contribution in [0.15, 0.2) is 42.9 Å². The van der Waals surface area contributed by atoms with E-state index < -0.39 is 0 Å². The van der Waals surface area contributed by atoms with Gasteiger partial charge < -0.3 is 4.90 Å². The van der Waals surface area contributed by atoms with Crippen molar-refractivity contribution >= 4 is 16.9 Å². The molecule has 2 bridgehead atoms. The number of fused-ring (bicyclic) bond motifs is 3. The summed E-state index contributed by atoms with van der Waals surface area (Å²) in [7, 11) is 2.17. The van der Waals surface area contributed by atoms with Gasteiger partial charge in [-0.25, -0.2) is 9.97 Å². The minimum Gasteiger partial charge on any atom is -0.356 e. The number of piperidine rings is 1. The number of nitrogens with one attached hydrogen (secondary N) is 1. The molecule has 2 fully saturated rings. The maximum absolute atomic E-state index is 4.55. The predicted octanol–water partition coefficient (Wildman–Crippen LogP) is 2.98. The zero-order valence-corrected chi connectivity index (χ0v) is 15.0. The Morgan fingerprint density at radius 2 is 1.88 bits per heavy atom. The van der Waals surface area contributed by atoms with E-state index in [-0.39, 0.29) is 0 Å². The Labute approximate surface area is 153 Å². The first kappa shape index (κ1) is 15.8. The standard InChI is InChI=1S/C20H24N6/c1-25(20-18-11-23-24-19(18)21-13-22-20)17-9-15-7-8-16(10-17)26(15)12-14-5-3-2-4-6-14/h2-6,11,13,15-17H,7-10,12H2,1H3,(H,21,22,23,24). The summed E-state index contributed by atoms with van der Waals surface area (Å²) in [6, 6.07) is 12.7. The summed E-state index contributed by atoms with van der Waals surface area (Å²) in [5.41, 5.74) is 2.23. The van der Waals surface area contributed by atoms with E-state index in [9.17, 15) is 0 Å². The van der Waals surface area contributed by atoms with Gasteiger partial charge in [-0.3, -0.25) is 10.00 Å². The van der Waals surface area contributed by atoms with Crippen LogP contribution in [-0.4, -0.2) is 50.2 Å². The number of hydrogen-bond acceptors (Lipinski definition) is 5. The third kappa shape index (κ3) is 2.65. The smallest absolute Gasteiger partial charge is 0.160 e. The van der Waals surface area contributed by atoms with Crippen LogP contribution < -0.4 is 4.90 Å². The molecule has 2 atom stereocenters. The molecule has 2 unspecified atom stereocenters. The third-order valence-corrected chi connectivity index (χ3v) is 6.18. The molecule has 2 aliphatic heterocycles. The minimum atomic E-state index is 0.521. The van der Waals surface area contributed by atoms with Gasteiger partial charge in [0, 0.05) is 31.7 Å². The fourth-order valence-corrected chi connectivity index (χ4v) is 4.82. The summed E-state index contributed by atoms with van der Waals surface area (Å²) >= 11 is 0. The van der Waals surface area contributed by atoms with Gasteiger partial charge in [-0.15, -0.1) is 0 Å². The van der Waals surface area contributed by atoms with Crippen LogP contribution in [0.2, 0.25) is 0 Å². The molecule has 0 saturated carbocycles. The molecule has 0 spiro atoms. The molecule has 2 saturated heterocycles. The van der Waals surface area contributed by atoms with Gasteiger partial charge in [0.25, 0.3) is 0 Å². The van der Waals surface area contributed by atoms with Gasteiger partial charge in [-0.1, -0.05) is 30.3 Å². The Bertz CT molecular complexity index is 877. The number of benzene rings is 1. The van der Waals surface area contributed by atoms with E-state index in [1.807, 2.05) is 6.20 Å². The quantitative estimate of drug-likeness (QED) is 0.785.